The number of aliphatic hydroxyl groups excluding tert-OH is 1. The number of aliphatic hydroxyl groups is 1. The van der Waals surface area contributed by atoms with Gasteiger partial charge in [0.15, 0.2) is 0 Å². The Morgan fingerprint density at radius 2 is 2.06 bits per heavy atom. The molecule has 18 heavy (non-hydrogen) atoms. The molecule has 0 bridgehead atoms. The van der Waals surface area contributed by atoms with Crippen molar-refractivity contribution in [2.45, 2.75) is 13.0 Å². The summed E-state index contributed by atoms with van der Waals surface area (Å²) in [4.78, 5) is 4.28. The summed E-state index contributed by atoms with van der Waals surface area (Å²) < 4.78 is 10.7. The van der Waals surface area contributed by atoms with E-state index in [4.69, 9.17) is 9.47 Å². The Labute approximate surface area is 106 Å². The first-order chi connectivity index (χ1) is 8.81. The zero-order valence-electron chi connectivity index (χ0n) is 10.4. The fraction of sp³-hybridized carbons (Fsp3) is 0.357. The Hall–Kier alpha value is -1.65. The van der Waals surface area contributed by atoms with E-state index in [-0.39, 0.29) is 13.2 Å². The van der Waals surface area contributed by atoms with Crippen molar-refractivity contribution < 1.29 is 14.6 Å². The SMILES string of the molecule is CCOC[C@@H](O)COc1cccc2cccnc12. The molecule has 1 atom stereocenters. The Bertz CT molecular complexity index is 496. The third kappa shape index (κ3) is 3.18. The van der Waals surface area contributed by atoms with E-state index in [9.17, 15) is 5.11 Å². The van der Waals surface area contributed by atoms with E-state index >= 15 is 0 Å². The van der Waals surface area contributed by atoms with Crippen LogP contribution in [0.25, 0.3) is 10.9 Å². The number of hydrogen-bond acceptors (Lipinski definition) is 4. The smallest absolute Gasteiger partial charge is 0.145 e. The van der Waals surface area contributed by atoms with E-state index in [2.05, 4.69) is 4.98 Å². The molecule has 0 unspecified atom stereocenters. The lowest BCUT2D eigenvalue weighted by molar-refractivity contribution is 0.0167. The van der Waals surface area contributed by atoms with Crippen molar-refractivity contribution in [3.8, 4) is 5.75 Å². The van der Waals surface area contributed by atoms with Crippen LogP contribution in [0.5, 0.6) is 5.75 Å². The molecule has 1 aromatic heterocycles. The van der Waals surface area contributed by atoms with Crippen LogP contribution in [0, 0.1) is 0 Å². The second-order valence-electron chi connectivity index (χ2n) is 3.96. The standard InChI is InChI=1S/C14H17NO3/c1-2-17-9-12(16)10-18-13-7-3-5-11-6-4-8-15-14(11)13/h3-8,12,16H,2,9-10H2,1H3/t12-/m1/s1. The third-order valence-corrected chi connectivity index (χ3v) is 2.54. The summed E-state index contributed by atoms with van der Waals surface area (Å²) in [5.41, 5.74) is 0.809. The molecule has 0 saturated carbocycles. The first-order valence-electron chi connectivity index (χ1n) is 6.03. The van der Waals surface area contributed by atoms with Crippen LogP contribution in [0.2, 0.25) is 0 Å². The number of para-hydroxylation sites is 1. The van der Waals surface area contributed by atoms with Crippen molar-refractivity contribution in [2.75, 3.05) is 19.8 Å². The van der Waals surface area contributed by atoms with Gasteiger partial charge in [0.05, 0.1) is 6.61 Å². The summed E-state index contributed by atoms with van der Waals surface area (Å²) in [7, 11) is 0. The number of fused-ring (bicyclic) bond motifs is 1. The number of nitrogens with zero attached hydrogens (tertiary/aromatic N) is 1. The molecule has 0 aliphatic heterocycles. The van der Waals surface area contributed by atoms with Gasteiger partial charge in [-0.3, -0.25) is 4.98 Å². The van der Waals surface area contributed by atoms with Crippen LogP contribution in [0.15, 0.2) is 36.5 Å². The molecular formula is C14H17NO3. The molecule has 0 spiro atoms. The van der Waals surface area contributed by atoms with Gasteiger partial charge in [-0.05, 0) is 19.1 Å². The molecule has 2 rings (SSSR count). The van der Waals surface area contributed by atoms with E-state index < -0.39 is 6.10 Å². The summed E-state index contributed by atoms with van der Waals surface area (Å²) in [6.45, 7) is 2.97. The quantitative estimate of drug-likeness (QED) is 0.848. The molecule has 1 N–H and O–H groups in total. The van der Waals surface area contributed by atoms with Crippen LogP contribution < -0.4 is 4.74 Å². The minimum atomic E-state index is -0.621. The van der Waals surface area contributed by atoms with Gasteiger partial charge in [-0.15, -0.1) is 0 Å². The minimum absolute atomic E-state index is 0.204. The van der Waals surface area contributed by atoms with Crippen LogP contribution in [0.3, 0.4) is 0 Å². The molecule has 2 aromatic rings. The second-order valence-corrected chi connectivity index (χ2v) is 3.96. The molecule has 1 heterocycles. The molecule has 1 aromatic carbocycles. The zero-order valence-corrected chi connectivity index (χ0v) is 10.4. The number of pyridine rings is 1. The van der Waals surface area contributed by atoms with E-state index in [1.165, 1.54) is 0 Å². The average molecular weight is 247 g/mol. The van der Waals surface area contributed by atoms with Crippen molar-refractivity contribution in [2.24, 2.45) is 0 Å². The maximum absolute atomic E-state index is 9.64. The highest BCUT2D eigenvalue weighted by molar-refractivity contribution is 5.84. The van der Waals surface area contributed by atoms with E-state index in [1.807, 2.05) is 37.3 Å². The van der Waals surface area contributed by atoms with Gasteiger partial charge in [-0.2, -0.15) is 0 Å². The highest BCUT2D eigenvalue weighted by Gasteiger charge is 2.07. The molecular weight excluding hydrogens is 230 g/mol. The summed E-state index contributed by atoms with van der Waals surface area (Å²) in [5.74, 6) is 0.684. The van der Waals surface area contributed by atoms with Crippen LogP contribution in [0.4, 0.5) is 0 Å². The highest BCUT2D eigenvalue weighted by Crippen LogP contribution is 2.22. The Kier molecular flexibility index (Phi) is 4.50. The van der Waals surface area contributed by atoms with Gasteiger partial charge < -0.3 is 14.6 Å². The Balaban J connectivity index is 2.03. The fourth-order valence-corrected chi connectivity index (χ4v) is 1.68. The molecule has 4 nitrogen and oxygen atoms in total. The normalized spacial score (nSPS) is 12.6. The molecule has 0 amide bonds. The maximum Gasteiger partial charge on any atom is 0.145 e. The largest absolute Gasteiger partial charge is 0.489 e. The lowest BCUT2D eigenvalue weighted by Gasteiger charge is -2.13. The Morgan fingerprint density at radius 1 is 1.22 bits per heavy atom. The highest BCUT2D eigenvalue weighted by atomic mass is 16.5. The topological polar surface area (TPSA) is 51.6 Å². The van der Waals surface area contributed by atoms with Crippen LogP contribution in [0.1, 0.15) is 6.92 Å². The summed E-state index contributed by atoms with van der Waals surface area (Å²) in [5, 5.41) is 10.7. The molecule has 0 aliphatic rings. The van der Waals surface area contributed by atoms with Crippen molar-refractivity contribution in [1.29, 1.82) is 0 Å². The number of aromatic nitrogens is 1. The molecule has 0 fully saturated rings. The second kappa shape index (κ2) is 6.33. The number of benzene rings is 1. The fourth-order valence-electron chi connectivity index (χ4n) is 1.68. The lowest BCUT2D eigenvalue weighted by atomic mass is 10.2. The molecule has 96 valence electrons. The van der Waals surface area contributed by atoms with Gasteiger partial charge in [-0.1, -0.05) is 18.2 Å². The average Bonchev–Trinajstić information content (AvgIpc) is 2.42. The van der Waals surface area contributed by atoms with E-state index in [0.717, 1.165) is 10.9 Å². The van der Waals surface area contributed by atoms with Gasteiger partial charge in [0.25, 0.3) is 0 Å². The molecule has 0 saturated heterocycles. The summed E-state index contributed by atoms with van der Waals surface area (Å²) in [6, 6.07) is 9.60. The molecule has 0 radical (unpaired) electrons. The Morgan fingerprint density at radius 3 is 2.89 bits per heavy atom. The molecule has 0 aliphatic carbocycles. The van der Waals surface area contributed by atoms with Gasteiger partial charge in [0, 0.05) is 18.2 Å². The monoisotopic (exact) mass is 247 g/mol. The predicted molar refractivity (Wildman–Crippen MR) is 69.7 cm³/mol. The summed E-state index contributed by atoms with van der Waals surface area (Å²) >= 11 is 0. The minimum Gasteiger partial charge on any atom is -0.489 e. The van der Waals surface area contributed by atoms with E-state index in [0.29, 0.717) is 12.4 Å². The first kappa shape index (κ1) is 12.8. The van der Waals surface area contributed by atoms with Gasteiger partial charge in [0.2, 0.25) is 0 Å². The van der Waals surface area contributed by atoms with Crippen molar-refractivity contribution >= 4 is 10.9 Å². The first-order valence-corrected chi connectivity index (χ1v) is 6.03. The van der Waals surface area contributed by atoms with Crippen LogP contribution in [-0.2, 0) is 4.74 Å². The zero-order chi connectivity index (χ0) is 12.8. The number of rotatable bonds is 6. The van der Waals surface area contributed by atoms with Gasteiger partial charge >= 0.3 is 0 Å². The predicted octanol–water partition coefficient (Wildman–Crippen LogP) is 2.01. The maximum atomic E-state index is 9.64. The third-order valence-electron chi connectivity index (χ3n) is 2.54. The van der Waals surface area contributed by atoms with Gasteiger partial charge in [0.1, 0.15) is 24.0 Å². The van der Waals surface area contributed by atoms with Gasteiger partial charge in [-0.25, -0.2) is 0 Å². The number of ether oxygens (including phenoxy) is 2. The van der Waals surface area contributed by atoms with Crippen molar-refractivity contribution in [3.63, 3.8) is 0 Å². The van der Waals surface area contributed by atoms with Crippen molar-refractivity contribution in [3.05, 3.63) is 36.5 Å². The number of hydrogen-bond donors (Lipinski definition) is 1. The lowest BCUT2D eigenvalue weighted by Crippen LogP contribution is -2.23. The van der Waals surface area contributed by atoms with Crippen molar-refractivity contribution in [1.82, 2.24) is 4.98 Å². The van der Waals surface area contributed by atoms with Crippen LogP contribution >= 0.6 is 0 Å². The summed E-state index contributed by atoms with van der Waals surface area (Å²) in [6.07, 6.45) is 1.11. The van der Waals surface area contributed by atoms with E-state index in [1.54, 1.807) is 6.20 Å². The van der Waals surface area contributed by atoms with Crippen LogP contribution in [-0.4, -0.2) is 36.0 Å². The molecule has 4 heteroatoms.